The molecule has 0 saturated carbocycles. The number of methoxy groups -OCH3 is 1. The Hall–Kier alpha value is -0.240. The average Bonchev–Trinajstić information content (AvgIpc) is 2.45. The minimum Gasteiger partial charge on any atom is -0.394 e. The minimum absolute atomic E-state index is 0.261. The molecule has 3 N–H and O–H groups in total. The molecule has 4 atom stereocenters. The van der Waals surface area contributed by atoms with Crippen LogP contribution in [-0.2, 0) is 14.2 Å². The standard InChI is InChI=1S/C8H16O6/c1-12-2-3-13-7-6(10)5(4-9)14-8(7)11/h5-11H,2-4H2,1H3/t5-,6-,7-,8?/m1/s1. The van der Waals surface area contributed by atoms with E-state index in [-0.39, 0.29) is 13.2 Å². The third-order valence-corrected chi connectivity index (χ3v) is 2.09. The monoisotopic (exact) mass is 208 g/mol. The smallest absolute Gasteiger partial charge is 0.184 e. The molecule has 0 aromatic rings. The minimum atomic E-state index is -1.20. The first-order valence-electron chi connectivity index (χ1n) is 4.43. The molecule has 0 aromatic carbocycles. The van der Waals surface area contributed by atoms with Gasteiger partial charge in [0.2, 0.25) is 0 Å². The van der Waals surface area contributed by atoms with Crippen LogP contribution in [0.15, 0.2) is 0 Å². The number of hydrogen-bond acceptors (Lipinski definition) is 6. The number of rotatable bonds is 5. The van der Waals surface area contributed by atoms with Gasteiger partial charge < -0.3 is 29.5 Å². The van der Waals surface area contributed by atoms with Crippen molar-refractivity contribution in [2.75, 3.05) is 26.9 Å². The lowest BCUT2D eigenvalue weighted by atomic mass is 10.1. The second kappa shape index (κ2) is 5.59. The summed E-state index contributed by atoms with van der Waals surface area (Å²) in [5.74, 6) is 0. The maximum absolute atomic E-state index is 9.51. The van der Waals surface area contributed by atoms with E-state index in [4.69, 9.17) is 19.3 Å². The third-order valence-electron chi connectivity index (χ3n) is 2.09. The average molecular weight is 208 g/mol. The number of aliphatic hydroxyl groups is 3. The van der Waals surface area contributed by atoms with Gasteiger partial charge in [-0.05, 0) is 0 Å². The van der Waals surface area contributed by atoms with Crippen molar-refractivity contribution >= 4 is 0 Å². The van der Waals surface area contributed by atoms with E-state index in [1.807, 2.05) is 0 Å². The molecular formula is C8H16O6. The van der Waals surface area contributed by atoms with Crippen LogP contribution in [0.2, 0.25) is 0 Å². The van der Waals surface area contributed by atoms with Crippen LogP contribution in [0.25, 0.3) is 0 Å². The molecule has 0 amide bonds. The van der Waals surface area contributed by atoms with Crippen molar-refractivity contribution in [1.29, 1.82) is 0 Å². The van der Waals surface area contributed by atoms with E-state index < -0.39 is 24.6 Å². The molecule has 1 heterocycles. The first-order valence-corrected chi connectivity index (χ1v) is 4.43. The van der Waals surface area contributed by atoms with Crippen LogP contribution in [-0.4, -0.2) is 66.9 Å². The predicted octanol–water partition coefficient (Wildman–Crippen LogP) is -1.91. The lowest BCUT2D eigenvalue weighted by Gasteiger charge is -2.17. The van der Waals surface area contributed by atoms with Gasteiger partial charge in [0.15, 0.2) is 6.29 Å². The van der Waals surface area contributed by atoms with Gasteiger partial charge in [-0.2, -0.15) is 0 Å². The lowest BCUT2D eigenvalue weighted by molar-refractivity contribution is -0.149. The lowest BCUT2D eigenvalue weighted by Crippen LogP contribution is -2.37. The van der Waals surface area contributed by atoms with Gasteiger partial charge in [0, 0.05) is 7.11 Å². The van der Waals surface area contributed by atoms with Gasteiger partial charge >= 0.3 is 0 Å². The summed E-state index contributed by atoms with van der Waals surface area (Å²) in [5, 5.41) is 27.6. The van der Waals surface area contributed by atoms with Crippen molar-refractivity contribution in [3.05, 3.63) is 0 Å². The third kappa shape index (κ3) is 2.63. The molecule has 0 bridgehead atoms. The number of aliphatic hydroxyl groups excluding tert-OH is 3. The van der Waals surface area contributed by atoms with Crippen LogP contribution >= 0.6 is 0 Å². The van der Waals surface area contributed by atoms with Gasteiger partial charge in [0.05, 0.1) is 19.8 Å². The van der Waals surface area contributed by atoms with Gasteiger partial charge in [-0.1, -0.05) is 0 Å². The SMILES string of the molecule is COCCO[C@H]1C(O)O[C@H](CO)[C@H]1O. The van der Waals surface area contributed by atoms with E-state index in [1.54, 1.807) is 0 Å². The first-order chi connectivity index (χ1) is 6.70. The Labute approximate surface area is 82.0 Å². The Bertz CT molecular complexity index is 164. The van der Waals surface area contributed by atoms with Crippen molar-refractivity contribution in [3.8, 4) is 0 Å². The maximum atomic E-state index is 9.51. The van der Waals surface area contributed by atoms with Crippen LogP contribution in [0.5, 0.6) is 0 Å². The van der Waals surface area contributed by atoms with E-state index >= 15 is 0 Å². The summed E-state index contributed by atoms with van der Waals surface area (Å²) in [4.78, 5) is 0. The predicted molar refractivity (Wildman–Crippen MR) is 45.6 cm³/mol. The zero-order valence-electron chi connectivity index (χ0n) is 8.00. The summed E-state index contributed by atoms with van der Waals surface area (Å²) < 4.78 is 14.7. The Balaban J connectivity index is 2.36. The van der Waals surface area contributed by atoms with Crippen LogP contribution < -0.4 is 0 Å². The number of ether oxygens (including phenoxy) is 3. The van der Waals surface area contributed by atoms with Gasteiger partial charge in [0.25, 0.3) is 0 Å². The molecule has 1 aliphatic heterocycles. The Kier molecular flexibility index (Phi) is 4.73. The number of hydrogen-bond donors (Lipinski definition) is 3. The van der Waals surface area contributed by atoms with Gasteiger partial charge in [0.1, 0.15) is 18.3 Å². The van der Waals surface area contributed by atoms with E-state index in [0.29, 0.717) is 6.61 Å². The first kappa shape index (κ1) is 11.8. The van der Waals surface area contributed by atoms with Crippen molar-refractivity contribution in [3.63, 3.8) is 0 Å². The quantitative estimate of drug-likeness (QED) is 0.457. The summed E-state index contributed by atoms with van der Waals surface area (Å²) in [7, 11) is 1.53. The summed E-state index contributed by atoms with van der Waals surface area (Å²) in [5.41, 5.74) is 0. The van der Waals surface area contributed by atoms with E-state index in [0.717, 1.165) is 0 Å². The molecular weight excluding hydrogens is 192 g/mol. The Morgan fingerprint density at radius 2 is 2.00 bits per heavy atom. The molecule has 0 aromatic heterocycles. The van der Waals surface area contributed by atoms with Crippen molar-refractivity contribution in [1.82, 2.24) is 0 Å². The zero-order chi connectivity index (χ0) is 10.6. The second-order valence-electron chi connectivity index (χ2n) is 3.07. The fourth-order valence-corrected chi connectivity index (χ4v) is 1.32. The molecule has 6 nitrogen and oxygen atoms in total. The van der Waals surface area contributed by atoms with Crippen molar-refractivity contribution < 1.29 is 29.5 Å². The van der Waals surface area contributed by atoms with E-state index in [2.05, 4.69) is 0 Å². The summed E-state index contributed by atoms with van der Waals surface area (Å²) in [6.07, 6.45) is -3.80. The van der Waals surface area contributed by atoms with E-state index in [9.17, 15) is 10.2 Å². The van der Waals surface area contributed by atoms with E-state index in [1.165, 1.54) is 7.11 Å². The molecule has 1 saturated heterocycles. The van der Waals surface area contributed by atoms with Crippen LogP contribution in [0, 0.1) is 0 Å². The highest BCUT2D eigenvalue weighted by molar-refractivity contribution is 4.86. The highest BCUT2D eigenvalue weighted by Gasteiger charge is 2.43. The summed E-state index contributed by atoms with van der Waals surface area (Å²) >= 11 is 0. The second-order valence-corrected chi connectivity index (χ2v) is 3.07. The molecule has 0 aliphatic carbocycles. The van der Waals surface area contributed by atoms with Crippen molar-refractivity contribution in [2.24, 2.45) is 0 Å². The molecule has 1 fully saturated rings. The largest absolute Gasteiger partial charge is 0.394 e. The molecule has 14 heavy (non-hydrogen) atoms. The molecule has 1 aliphatic rings. The topological polar surface area (TPSA) is 88.4 Å². The molecule has 1 unspecified atom stereocenters. The fourth-order valence-electron chi connectivity index (χ4n) is 1.32. The fraction of sp³-hybridized carbons (Fsp3) is 1.00. The normalized spacial score (nSPS) is 37.7. The highest BCUT2D eigenvalue weighted by atomic mass is 16.7. The molecule has 0 radical (unpaired) electrons. The van der Waals surface area contributed by atoms with Crippen LogP contribution in [0.1, 0.15) is 0 Å². The zero-order valence-corrected chi connectivity index (χ0v) is 8.00. The Morgan fingerprint density at radius 1 is 1.29 bits per heavy atom. The van der Waals surface area contributed by atoms with Gasteiger partial charge in [-0.15, -0.1) is 0 Å². The summed E-state index contributed by atoms with van der Waals surface area (Å²) in [6, 6.07) is 0. The van der Waals surface area contributed by atoms with Crippen LogP contribution in [0.4, 0.5) is 0 Å². The van der Waals surface area contributed by atoms with Gasteiger partial charge in [-0.3, -0.25) is 0 Å². The maximum Gasteiger partial charge on any atom is 0.184 e. The van der Waals surface area contributed by atoms with Gasteiger partial charge in [-0.25, -0.2) is 0 Å². The molecule has 0 spiro atoms. The highest BCUT2D eigenvalue weighted by Crippen LogP contribution is 2.21. The van der Waals surface area contributed by atoms with Crippen molar-refractivity contribution in [2.45, 2.75) is 24.6 Å². The summed E-state index contributed by atoms with van der Waals surface area (Å²) in [6.45, 7) is 0.291. The van der Waals surface area contributed by atoms with Crippen LogP contribution in [0.3, 0.4) is 0 Å². The molecule has 84 valence electrons. The Morgan fingerprint density at radius 3 is 2.50 bits per heavy atom. The molecule has 6 heteroatoms. The molecule has 1 rings (SSSR count).